The lowest BCUT2D eigenvalue weighted by molar-refractivity contribution is 0.265. The first-order valence-electron chi connectivity index (χ1n) is 7.33. The smallest absolute Gasteiger partial charge is 0.138 e. The molecule has 0 bridgehead atoms. The Labute approximate surface area is 151 Å². The lowest BCUT2D eigenvalue weighted by Gasteiger charge is -2.11. The van der Waals surface area contributed by atoms with E-state index in [-0.39, 0.29) is 25.1 Å². The second-order valence-electron chi connectivity index (χ2n) is 5.36. The minimum atomic E-state index is -0.240. The average molecular weight is 365 g/mol. The Balaban J connectivity index is 0.00000208. The molecule has 3 N–H and O–H groups in total. The number of aliphatic hydroxyl groups excluding tert-OH is 1. The molecular weight excluding hydrogens is 347 g/mol. The summed E-state index contributed by atoms with van der Waals surface area (Å²) in [5.41, 5.74) is 7.59. The van der Waals surface area contributed by atoms with Crippen molar-refractivity contribution in [2.75, 3.05) is 6.61 Å². The largest absolute Gasteiger partial charge is 0.457 e. The predicted molar refractivity (Wildman–Crippen MR) is 99.3 cm³/mol. The lowest BCUT2D eigenvalue weighted by Crippen LogP contribution is -2.26. The van der Waals surface area contributed by atoms with Gasteiger partial charge in [-0.3, -0.25) is 4.98 Å². The van der Waals surface area contributed by atoms with E-state index in [4.69, 9.17) is 27.2 Å². The second-order valence-corrected chi connectivity index (χ2v) is 5.80. The monoisotopic (exact) mass is 364 g/mol. The molecule has 0 spiro atoms. The van der Waals surface area contributed by atoms with E-state index in [1.54, 1.807) is 6.20 Å². The van der Waals surface area contributed by atoms with Crippen molar-refractivity contribution < 1.29 is 9.84 Å². The Morgan fingerprint density at radius 1 is 1.12 bits per heavy atom. The maximum atomic E-state index is 9.00. The zero-order chi connectivity index (χ0) is 16.2. The van der Waals surface area contributed by atoms with E-state index in [1.165, 1.54) is 0 Å². The van der Waals surface area contributed by atoms with Crippen LogP contribution in [0.15, 0.2) is 54.7 Å². The highest BCUT2D eigenvalue weighted by Crippen LogP contribution is 2.30. The van der Waals surface area contributed by atoms with Gasteiger partial charge in [0.1, 0.15) is 11.5 Å². The summed E-state index contributed by atoms with van der Waals surface area (Å²) in [6.45, 7) is -0.0240. The number of aromatic nitrogens is 1. The number of nitrogens with zero attached hydrogens (tertiary/aromatic N) is 1. The first-order valence-corrected chi connectivity index (χ1v) is 7.71. The zero-order valence-corrected chi connectivity index (χ0v) is 14.4. The van der Waals surface area contributed by atoms with Crippen molar-refractivity contribution in [2.45, 2.75) is 12.5 Å². The molecule has 3 rings (SSSR count). The summed E-state index contributed by atoms with van der Waals surface area (Å²) < 4.78 is 5.95. The second kappa shape index (κ2) is 8.31. The van der Waals surface area contributed by atoms with Crippen LogP contribution in [0.1, 0.15) is 5.56 Å². The van der Waals surface area contributed by atoms with E-state index in [2.05, 4.69) is 4.98 Å². The van der Waals surface area contributed by atoms with Crippen LogP contribution in [0.4, 0.5) is 0 Å². The van der Waals surface area contributed by atoms with Crippen LogP contribution < -0.4 is 10.5 Å². The first kappa shape index (κ1) is 18.5. The van der Waals surface area contributed by atoms with Crippen molar-refractivity contribution in [1.82, 2.24) is 4.98 Å². The normalized spacial score (nSPS) is 11.8. The summed E-state index contributed by atoms with van der Waals surface area (Å²) in [7, 11) is 0. The molecule has 0 unspecified atom stereocenters. The van der Waals surface area contributed by atoms with Gasteiger partial charge in [0, 0.05) is 22.6 Å². The van der Waals surface area contributed by atoms with Gasteiger partial charge in [-0.1, -0.05) is 23.7 Å². The Morgan fingerprint density at radius 2 is 1.88 bits per heavy atom. The topological polar surface area (TPSA) is 68.4 Å². The number of pyridine rings is 1. The van der Waals surface area contributed by atoms with Gasteiger partial charge in [0.2, 0.25) is 0 Å². The van der Waals surface area contributed by atoms with Crippen LogP contribution >= 0.6 is 24.0 Å². The molecule has 0 saturated carbocycles. The van der Waals surface area contributed by atoms with Crippen molar-refractivity contribution >= 4 is 34.9 Å². The average Bonchev–Trinajstić information content (AvgIpc) is 2.56. The molecule has 3 aromatic rings. The molecule has 6 heteroatoms. The van der Waals surface area contributed by atoms with Gasteiger partial charge in [0.05, 0.1) is 12.1 Å². The molecule has 0 aliphatic rings. The number of nitrogens with two attached hydrogens (primary N) is 1. The van der Waals surface area contributed by atoms with Gasteiger partial charge in [0.25, 0.3) is 0 Å². The number of benzene rings is 2. The zero-order valence-electron chi connectivity index (χ0n) is 12.9. The van der Waals surface area contributed by atoms with E-state index in [1.807, 2.05) is 48.5 Å². The van der Waals surface area contributed by atoms with Gasteiger partial charge < -0.3 is 15.6 Å². The Hall–Kier alpha value is -1.85. The number of halogens is 2. The van der Waals surface area contributed by atoms with E-state index < -0.39 is 0 Å². The van der Waals surface area contributed by atoms with Crippen molar-refractivity contribution in [2.24, 2.45) is 5.73 Å². The van der Waals surface area contributed by atoms with Crippen molar-refractivity contribution in [1.29, 1.82) is 0 Å². The van der Waals surface area contributed by atoms with Crippen molar-refractivity contribution in [3.8, 4) is 11.5 Å². The summed E-state index contributed by atoms with van der Waals surface area (Å²) >= 11 is 5.99. The third-order valence-electron chi connectivity index (χ3n) is 3.55. The standard InChI is InChI=1S/C18H17ClN2O2.ClH/c19-13-3-6-16-17(10-13)21-8-7-18(16)23-15-4-1-12(2-5-15)9-14(20)11-22;/h1-8,10,14,22H,9,11,20H2;1H/t14-;/m0./s1. The fourth-order valence-corrected chi connectivity index (χ4v) is 2.54. The molecule has 1 aromatic heterocycles. The van der Waals surface area contributed by atoms with E-state index in [0.29, 0.717) is 11.4 Å². The molecule has 0 aliphatic heterocycles. The van der Waals surface area contributed by atoms with Crippen LogP contribution in [-0.4, -0.2) is 22.7 Å². The lowest BCUT2D eigenvalue weighted by atomic mass is 10.1. The molecule has 0 fully saturated rings. The van der Waals surface area contributed by atoms with Crippen LogP contribution in [0.3, 0.4) is 0 Å². The Bertz CT molecular complexity index is 810. The Morgan fingerprint density at radius 3 is 2.58 bits per heavy atom. The highest BCUT2D eigenvalue weighted by atomic mass is 35.5. The molecule has 0 amide bonds. The van der Waals surface area contributed by atoms with E-state index in [0.717, 1.165) is 28.0 Å². The van der Waals surface area contributed by atoms with E-state index in [9.17, 15) is 0 Å². The van der Waals surface area contributed by atoms with Crippen LogP contribution in [0.5, 0.6) is 11.5 Å². The number of rotatable bonds is 5. The van der Waals surface area contributed by atoms with Gasteiger partial charge in [-0.15, -0.1) is 12.4 Å². The number of aliphatic hydroxyl groups is 1. The predicted octanol–water partition coefficient (Wildman–Crippen LogP) is 3.96. The fourth-order valence-electron chi connectivity index (χ4n) is 2.37. The number of hydrogen-bond donors (Lipinski definition) is 2. The summed E-state index contributed by atoms with van der Waals surface area (Å²) in [5.74, 6) is 1.46. The molecule has 0 saturated heterocycles. The molecule has 0 radical (unpaired) electrons. The van der Waals surface area contributed by atoms with Crippen LogP contribution in [-0.2, 0) is 6.42 Å². The maximum absolute atomic E-state index is 9.00. The SMILES string of the molecule is Cl.N[C@H](CO)Cc1ccc(Oc2ccnc3cc(Cl)ccc23)cc1. The number of ether oxygens (including phenoxy) is 1. The first-order chi connectivity index (χ1) is 11.2. The van der Waals surface area contributed by atoms with Crippen LogP contribution in [0, 0.1) is 0 Å². The molecule has 0 aliphatic carbocycles. The highest BCUT2D eigenvalue weighted by Gasteiger charge is 2.06. The number of hydrogen-bond acceptors (Lipinski definition) is 4. The van der Waals surface area contributed by atoms with Gasteiger partial charge >= 0.3 is 0 Å². The molecule has 4 nitrogen and oxygen atoms in total. The number of fused-ring (bicyclic) bond motifs is 1. The maximum Gasteiger partial charge on any atom is 0.138 e. The molecule has 2 aromatic carbocycles. The summed E-state index contributed by atoms with van der Waals surface area (Å²) in [5, 5.41) is 10.6. The van der Waals surface area contributed by atoms with Crippen LogP contribution in [0.2, 0.25) is 5.02 Å². The summed E-state index contributed by atoms with van der Waals surface area (Å²) in [6, 6.07) is 14.8. The molecular formula is C18H18Cl2N2O2. The van der Waals surface area contributed by atoms with Gasteiger partial charge in [-0.25, -0.2) is 0 Å². The van der Waals surface area contributed by atoms with Gasteiger partial charge in [-0.2, -0.15) is 0 Å². The highest BCUT2D eigenvalue weighted by molar-refractivity contribution is 6.31. The third kappa shape index (κ3) is 4.36. The van der Waals surface area contributed by atoms with Crippen LogP contribution in [0.25, 0.3) is 10.9 Å². The summed E-state index contributed by atoms with van der Waals surface area (Å²) in [6.07, 6.45) is 2.33. The fraction of sp³-hybridized carbons (Fsp3) is 0.167. The molecule has 24 heavy (non-hydrogen) atoms. The molecule has 1 atom stereocenters. The molecule has 1 heterocycles. The minimum Gasteiger partial charge on any atom is -0.457 e. The summed E-state index contributed by atoms with van der Waals surface area (Å²) in [4.78, 5) is 4.30. The van der Waals surface area contributed by atoms with E-state index >= 15 is 0 Å². The quantitative estimate of drug-likeness (QED) is 0.718. The van der Waals surface area contributed by atoms with Gasteiger partial charge in [-0.05, 0) is 48.4 Å². The minimum absolute atomic E-state index is 0. The van der Waals surface area contributed by atoms with Crippen molar-refractivity contribution in [3.63, 3.8) is 0 Å². The van der Waals surface area contributed by atoms with Gasteiger partial charge in [0.15, 0.2) is 0 Å². The molecule has 126 valence electrons. The third-order valence-corrected chi connectivity index (χ3v) is 3.78. The van der Waals surface area contributed by atoms with Crippen molar-refractivity contribution in [3.05, 3.63) is 65.3 Å². The Kier molecular flexibility index (Phi) is 6.40.